The molecule has 1 aliphatic heterocycles. The highest BCUT2D eigenvalue weighted by atomic mass is 19.4. The minimum absolute atomic E-state index is 0.142. The molecule has 0 saturated carbocycles. The number of hydrogen-bond acceptors (Lipinski definition) is 5. The van der Waals surface area contributed by atoms with Crippen LogP contribution in [-0.2, 0) is 19.1 Å². The largest absolute Gasteiger partial charge is 0.496 e. The summed E-state index contributed by atoms with van der Waals surface area (Å²) < 4.78 is 48.7. The van der Waals surface area contributed by atoms with Crippen molar-refractivity contribution in [1.82, 2.24) is 15.0 Å². The molecule has 0 unspecified atom stereocenters. The third-order valence-electron chi connectivity index (χ3n) is 5.02. The molecule has 0 atom stereocenters. The first-order chi connectivity index (χ1) is 13.9. The highest BCUT2D eigenvalue weighted by molar-refractivity contribution is 5.35. The van der Waals surface area contributed by atoms with Gasteiger partial charge in [0, 0.05) is 31.6 Å². The Morgan fingerprint density at radius 1 is 1.10 bits per heavy atom. The highest BCUT2D eigenvalue weighted by Crippen LogP contribution is 2.31. The zero-order valence-corrected chi connectivity index (χ0v) is 15.8. The standard InChI is InChI=1S/C21H20F3N3O2/c1-28-18-5-3-2-4-15(18)10-19-25-20(29-26-19)16-12-27(13-16)11-14-6-8-17(9-7-14)21(22,23)24/h2-9,16H,10-13H2,1H3. The summed E-state index contributed by atoms with van der Waals surface area (Å²) in [5.74, 6) is 2.12. The third-order valence-corrected chi connectivity index (χ3v) is 5.02. The van der Waals surface area contributed by atoms with E-state index >= 15 is 0 Å². The summed E-state index contributed by atoms with van der Waals surface area (Å²) >= 11 is 0. The molecule has 1 aromatic heterocycles. The number of methoxy groups -OCH3 is 1. The van der Waals surface area contributed by atoms with Crippen LogP contribution in [0, 0.1) is 0 Å². The molecule has 1 aliphatic rings. The van der Waals surface area contributed by atoms with Crippen LogP contribution in [0.25, 0.3) is 0 Å². The maximum absolute atomic E-state index is 12.6. The van der Waals surface area contributed by atoms with Crippen molar-refractivity contribution < 1.29 is 22.4 Å². The van der Waals surface area contributed by atoms with E-state index in [1.807, 2.05) is 24.3 Å². The number of likely N-dealkylation sites (tertiary alicyclic amines) is 1. The molecule has 0 spiro atoms. The van der Waals surface area contributed by atoms with Crippen LogP contribution in [0.4, 0.5) is 13.2 Å². The van der Waals surface area contributed by atoms with Crippen molar-refractivity contribution in [3.8, 4) is 5.75 Å². The SMILES string of the molecule is COc1ccccc1Cc1noc(C2CN(Cc3ccc(C(F)(F)F)cc3)C2)n1. The quantitative estimate of drug-likeness (QED) is 0.615. The first-order valence-corrected chi connectivity index (χ1v) is 9.25. The minimum atomic E-state index is -4.31. The molecule has 4 rings (SSSR count). The van der Waals surface area contributed by atoms with Gasteiger partial charge in [0.1, 0.15) is 5.75 Å². The van der Waals surface area contributed by atoms with Crippen molar-refractivity contribution in [2.45, 2.75) is 25.1 Å². The fourth-order valence-electron chi connectivity index (χ4n) is 3.44. The Balaban J connectivity index is 1.31. The van der Waals surface area contributed by atoms with Gasteiger partial charge in [0.25, 0.3) is 0 Å². The molecule has 0 bridgehead atoms. The van der Waals surface area contributed by atoms with E-state index in [0.717, 1.165) is 42.1 Å². The van der Waals surface area contributed by atoms with E-state index in [2.05, 4.69) is 15.0 Å². The van der Waals surface area contributed by atoms with Crippen LogP contribution in [-0.4, -0.2) is 35.2 Å². The fourth-order valence-corrected chi connectivity index (χ4v) is 3.44. The smallest absolute Gasteiger partial charge is 0.416 e. The van der Waals surface area contributed by atoms with Crippen LogP contribution in [0.5, 0.6) is 5.75 Å². The van der Waals surface area contributed by atoms with E-state index in [9.17, 15) is 13.2 Å². The zero-order chi connectivity index (χ0) is 20.4. The van der Waals surface area contributed by atoms with E-state index in [0.29, 0.717) is 24.7 Å². The second-order valence-corrected chi connectivity index (χ2v) is 7.12. The van der Waals surface area contributed by atoms with Gasteiger partial charge in [0.15, 0.2) is 5.82 Å². The van der Waals surface area contributed by atoms with E-state index in [1.165, 1.54) is 12.1 Å². The second-order valence-electron chi connectivity index (χ2n) is 7.12. The molecular formula is C21H20F3N3O2. The molecule has 0 aliphatic carbocycles. The molecule has 0 N–H and O–H groups in total. The Hall–Kier alpha value is -2.87. The predicted octanol–water partition coefficient (Wildman–Crippen LogP) is 4.29. The summed E-state index contributed by atoms with van der Waals surface area (Å²) in [4.78, 5) is 6.63. The normalized spacial score (nSPS) is 15.3. The Morgan fingerprint density at radius 3 is 2.52 bits per heavy atom. The highest BCUT2D eigenvalue weighted by Gasteiger charge is 2.33. The molecule has 1 saturated heterocycles. The van der Waals surface area contributed by atoms with Gasteiger partial charge in [-0.15, -0.1) is 0 Å². The van der Waals surface area contributed by atoms with Crippen LogP contribution in [0.2, 0.25) is 0 Å². The maximum atomic E-state index is 12.6. The maximum Gasteiger partial charge on any atom is 0.416 e. The van der Waals surface area contributed by atoms with E-state index in [4.69, 9.17) is 9.26 Å². The third kappa shape index (κ3) is 4.42. The van der Waals surface area contributed by atoms with Crippen LogP contribution in [0.15, 0.2) is 53.1 Å². The van der Waals surface area contributed by atoms with Gasteiger partial charge in [-0.3, -0.25) is 4.90 Å². The number of rotatable bonds is 6. The summed E-state index contributed by atoms with van der Waals surface area (Å²) in [7, 11) is 1.63. The molecule has 3 aromatic rings. The van der Waals surface area contributed by atoms with Crippen molar-refractivity contribution >= 4 is 0 Å². The number of benzene rings is 2. The van der Waals surface area contributed by atoms with Gasteiger partial charge in [-0.25, -0.2) is 0 Å². The number of halogens is 3. The van der Waals surface area contributed by atoms with Crippen molar-refractivity contribution in [3.05, 3.63) is 76.9 Å². The van der Waals surface area contributed by atoms with Crippen molar-refractivity contribution in [1.29, 1.82) is 0 Å². The monoisotopic (exact) mass is 403 g/mol. The lowest BCUT2D eigenvalue weighted by molar-refractivity contribution is -0.137. The Kier molecular flexibility index (Phi) is 5.27. The molecule has 2 aromatic carbocycles. The Morgan fingerprint density at radius 2 is 1.83 bits per heavy atom. The first-order valence-electron chi connectivity index (χ1n) is 9.25. The molecule has 5 nitrogen and oxygen atoms in total. The second kappa shape index (κ2) is 7.87. The Labute approximate surface area is 166 Å². The van der Waals surface area contributed by atoms with Crippen molar-refractivity contribution in [2.75, 3.05) is 20.2 Å². The average molecular weight is 403 g/mol. The van der Waals surface area contributed by atoms with Crippen LogP contribution < -0.4 is 4.74 Å². The summed E-state index contributed by atoms with van der Waals surface area (Å²) in [5.41, 5.74) is 1.20. The Bertz CT molecular complexity index is 964. The lowest BCUT2D eigenvalue weighted by atomic mass is 9.99. The molecule has 2 heterocycles. The lowest BCUT2D eigenvalue weighted by Gasteiger charge is -2.37. The van der Waals surface area contributed by atoms with Gasteiger partial charge in [0.2, 0.25) is 5.89 Å². The summed E-state index contributed by atoms with van der Waals surface area (Å²) in [5, 5.41) is 4.06. The van der Waals surface area contributed by atoms with Gasteiger partial charge in [-0.2, -0.15) is 18.2 Å². The van der Waals surface area contributed by atoms with Gasteiger partial charge < -0.3 is 9.26 Å². The number of alkyl halides is 3. The molecule has 0 amide bonds. The van der Waals surface area contributed by atoms with Gasteiger partial charge in [-0.05, 0) is 23.8 Å². The molecule has 8 heteroatoms. The topological polar surface area (TPSA) is 51.4 Å². The molecule has 0 radical (unpaired) electrons. The van der Waals surface area contributed by atoms with Gasteiger partial charge in [-0.1, -0.05) is 35.5 Å². The molecule has 29 heavy (non-hydrogen) atoms. The van der Waals surface area contributed by atoms with Crippen LogP contribution in [0.3, 0.4) is 0 Å². The van der Waals surface area contributed by atoms with Gasteiger partial charge >= 0.3 is 6.18 Å². The first kappa shape index (κ1) is 19.4. The number of aromatic nitrogens is 2. The average Bonchev–Trinajstić information content (AvgIpc) is 3.12. The van der Waals surface area contributed by atoms with Crippen molar-refractivity contribution in [2.24, 2.45) is 0 Å². The van der Waals surface area contributed by atoms with Crippen LogP contribution >= 0.6 is 0 Å². The van der Waals surface area contributed by atoms with E-state index in [-0.39, 0.29) is 5.92 Å². The van der Waals surface area contributed by atoms with Crippen LogP contribution in [0.1, 0.15) is 34.3 Å². The minimum Gasteiger partial charge on any atom is -0.496 e. The number of ether oxygens (including phenoxy) is 1. The summed E-state index contributed by atoms with van der Waals surface area (Å²) in [6.07, 6.45) is -3.78. The molecule has 1 fully saturated rings. The van der Waals surface area contributed by atoms with Crippen molar-refractivity contribution in [3.63, 3.8) is 0 Å². The number of nitrogens with zero attached hydrogens (tertiary/aromatic N) is 3. The summed E-state index contributed by atoms with van der Waals surface area (Å²) in [6, 6.07) is 13.0. The van der Waals surface area contributed by atoms with E-state index in [1.54, 1.807) is 7.11 Å². The van der Waals surface area contributed by atoms with E-state index < -0.39 is 11.7 Å². The number of hydrogen-bond donors (Lipinski definition) is 0. The molecule has 152 valence electrons. The zero-order valence-electron chi connectivity index (χ0n) is 15.8. The molecular weight excluding hydrogens is 383 g/mol. The summed E-state index contributed by atoms with van der Waals surface area (Å²) in [6.45, 7) is 2.06. The lowest BCUT2D eigenvalue weighted by Crippen LogP contribution is -2.44. The number of para-hydroxylation sites is 1. The predicted molar refractivity (Wildman–Crippen MR) is 99.6 cm³/mol. The fraction of sp³-hybridized carbons (Fsp3) is 0.333. The van der Waals surface area contributed by atoms with Gasteiger partial charge in [0.05, 0.1) is 18.6 Å².